The molecule has 1 aliphatic carbocycles. The minimum atomic E-state index is -0.212. The number of H-pyrrole nitrogens is 1. The fourth-order valence-corrected chi connectivity index (χ4v) is 4.25. The summed E-state index contributed by atoms with van der Waals surface area (Å²) in [5.74, 6) is 0.772. The Morgan fingerprint density at radius 1 is 1.25 bits per heavy atom. The van der Waals surface area contributed by atoms with Crippen LogP contribution in [0, 0.1) is 12.8 Å². The minimum absolute atomic E-state index is 0.151. The number of aromatic amines is 1. The third-order valence-corrected chi connectivity index (χ3v) is 5.89. The van der Waals surface area contributed by atoms with Gasteiger partial charge in [0.25, 0.3) is 5.56 Å². The van der Waals surface area contributed by atoms with E-state index in [0.29, 0.717) is 11.5 Å². The summed E-state index contributed by atoms with van der Waals surface area (Å²) in [6, 6.07) is 6.64. The van der Waals surface area contributed by atoms with Crippen LogP contribution in [-0.2, 0) is 26.4 Å². The lowest BCUT2D eigenvalue weighted by Crippen LogP contribution is -2.20. The Hall–Kier alpha value is -2.53. The Balaban J connectivity index is 1.84. The molecule has 0 amide bonds. The van der Waals surface area contributed by atoms with Crippen molar-refractivity contribution in [1.82, 2.24) is 14.9 Å². The third kappa shape index (κ3) is 3.14. The second kappa shape index (κ2) is 7.13. The number of nitrogens with zero attached hydrogens (tertiary/aromatic N) is 1. The average molecular weight is 380 g/mol. The van der Waals surface area contributed by atoms with Gasteiger partial charge in [-0.15, -0.1) is 0 Å². The van der Waals surface area contributed by atoms with Crippen molar-refractivity contribution in [3.05, 3.63) is 50.9 Å². The summed E-state index contributed by atoms with van der Waals surface area (Å²) in [6.45, 7) is 7.92. The molecule has 3 aromatic rings. The van der Waals surface area contributed by atoms with Crippen LogP contribution >= 0.6 is 0 Å². The Morgan fingerprint density at radius 2 is 2.04 bits per heavy atom. The number of benzene rings is 1. The molecule has 0 radical (unpaired) electrons. The summed E-state index contributed by atoms with van der Waals surface area (Å²) in [7, 11) is 2.11. The molecule has 2 heterocycles. The maximum Gasteiger partial charge on any atom is 0.255 e. The van der Waals surface area contributed by atoms with E-state index in [9.17, 15) is 9.90 Å². The normalized spacial score (nSPS) is 13.6. The molecule has 0 atom stereocenters. The first kappa shape index (κ1) is 18.8. The molecule has 0 bridgehead atoms. The smallest absolute Gasteiger partial charge is 0.255 e. The number of hydrogen-bond acceptors (Lipinski definition) is 3. The van der Waals surface area contributed by atoms with E-state index in [4.69, 9.17) is 0 Å². The fourth-order valence-electron chi connectivity index (χ4n) is 4.25. The molecule has 0 aliphatic heterocycles. The van der Waals surface area contributed by atoms with Crippen LogP contribution in [0.25, 0.3) is 22.2 Å². The maximum atomic E-state index is 12.3. The Kier molecular flexibility index (Phi) is 4.79. The average Bonchev–Trinajstić information content (AvgIpc) is 2.84. The largest absolute Gasteiger partial charge is 0.507 e. The molecule has 1 aliphatic rings. The summed E-state index contributed by atoms with van der Waals surface area (Å²) in [5.41, 5.74) is 6.57. The number of hydrogen-bond donors (Lipinski definition) is 3. The first-order valence-corrected chi connectivity index (χ1v) is 10.1. The topological polar surface area (TPSA) is 70.0 Å². The Morgan fingerprint density at radius 3 is 2.79 bits per heavy atom. The van der Waals surface area contributed by atoms with Crippen molar-refractivity contribution in [2.75, 3.05) is 6.54 Å². The Labute approximate surface area is 165 Å². The van der Waals surface area contributed by atoms with Crippen molar-refractivity contribution in [3.8, 4) is 17.0 Å². The third-order valence-electron chi connectivity index (χ3n) is 5.89. The van der Waals surface area contributed by atoms with Crippen LogP contribution in [-0.4, -0.2) is 21.2 Å². The molecule has 5 heteroatoms. The monoisotopic (exact) mass is 379 g/mol. The molecule has 0 fully saturated rings. The maximum absolute atomic E-state index is 12.3. The number of pyridine rings is 1. The lowest BCUT2D eigenvalue weighted by molar-refractivity contribution is 0.461. The van der Waals surface area contributed by atoms with Gasteiger partial charge in [0.2, 0.25) is 0 Å². The van der Waals surface area contributed by atoms with Crippen LogP contribution in [0.2, 0.25) is 0 Å². The first-order chi connectivity index (χ1) is 13.4. The molecular formula is C23H29N3O2. The zero-order valence-electron chi connectivity index (χ0n) is 17.1. The molecule has 5 nitrogen and oxygen atoms in total. The number of nitrogens with one attached hydrogen (secondary N) is 2. The van der Waals surface area contributed by atoms with Crippen molar-refractivity contribution in [2.24, 2.45) is 13.0 Å². The van der Waals surface area contributed by atoms with Crippen LogP contribution < -0.4 is 10.9 Å². The number of fused-ring (bicyclic) bond motifs is 4. The Bertz CT molecular complexity index is 1110. The van der Waals surface area contributed by atoms with Gasteiger partial charge in [0.1, 0.15) is 5.75 Å². The lowest BCUT2D eigenvalue weighted by atomic mass is 9.98. The molecule has 1 aromatic carbocycles. The molecule has 0 spiro atoms. The standard InChI is InChI=1S/C23H29N3O2/c1-13(2)11-24-12-17-8-16-9-19-15(10-20(16)26(17)4)6-5-7-18-21(19)25-23(28)14(3)22(18)27/h8-10,13,24H,5-7,11-12H2,1-4H3,(H2,25,27,28). The summed E-state index contributed by atoms with van der Waals surface area (Å²) >= 11 is 0. The van der Waals surface area contributed by atoms with Crippen molar-refractivity contribution in [1.29, 1.82) is 0 Å². The first-order valence-electron chi connectivity index (χ1n) is 10.1. The van der Waals surface area contributed by atoms with Crippen LogP contribution in [0.15, 0.2) is 23.0 Å². The van der Waals surface area contributed by atoms with E-state index in [0.717, 1.165) is 54.6 Å². The molecule has 4 rings (SSSR count). The van der Waals surface area contributed by atoms with Gasteiger partial charge in [-0.2, -0.15) is 0 Å². The van der Waals surface area contributed by atoms with Crippen LogP contribution in [0.3, 0.4) is 0 Å². The molecule has 148 valence electrons. The van der Waals surface area contributed by atoms with Crippen LogP contribution in [0.1, 0.15) is 42.7 Å². The van der Waals surface area contributed by atoms with Crippen molar-refractivity contribution in [2.45, 2.75) is 46.6 Å². The SMILES string of the molecule is Cc1c(O)c2c([nH]c1=O)-c1cc3cc(CNCC(C)C)n(C)c3cc1CCC2. The molecule has 3 N–H and O–H groups in total. The van der Waals surface area contributed by atoms with Gasteiger partial charge in [0.05, 0.1) is 11.3 Å². The second-order valence-corrected chi connectivity index (χ2v) is 8.42. The molecular weight excluding hydrogens is 350 g/mol. The van der Waals surface area contributed by atoms with E-state index in [2.05, 4.69) is 54.0 Å². The highest BCUT2D eigenvalue weighted by Gasteiger charge is 2.22. The highest BCUT2D eigenvalue weighted by Crippen LogP contribution is 2.38. The fraction of sp³-hybridized carbons (Fsp3) is 0.435. The quantitative estimate of drug-likeness (QED) is 0.646. The van der Waals surface area contributed by atoms with Gasteiger partial charge in [-0.25, -0.2) is 0 Å². The summed E-state index contributed by atoms with van der Waals surface area (Å²) < 4.78 is 2.25. The zero-order valence-corrected chi connectivity index (χ0v) is 17.1. The van der Waals surface area contributed by atoms with Gasteiger partial charge >= 0.3 is 0 Å². The van der Waals surface area contributed by atoms with E-state index in [1.807, 2.05) is 0 Å². The van der Waals surface area contributed by atoms with Gasteiger partial charge in [-0.05, 0) is 62.4 Å². The molecule has 0 saturated carbocycles. The number of rotatable bonds is 4. The van der Waals surface area contributed by atoms with Crippen molar-refractivity contribution < 1.29 is 5.11 Å². The van der Waals surface area contributed by atoms with Crippen LogP contribution in [0.4, 0.5) is 0 Å². The highest BCUT2D eigenvalue weighted by atomic mass is 16.3. The molecule has 2 aromatic heterocycles. The molecule has 28 heavy (non-hydrogen) atoms. The van der Waals surface area contributed by atoms with Gasteiger partial charge in [0, 0.05) is 41.3 Å². The summed E-state index contributed by atoms with van der Waals surface area (Å²) in [6.07, 6.45) is 2.67. The lowest BCUT2D eigenvalue weighted by Gasteiger charge is -2.13. The van der Waals surface area contributed by atoms with Gasteiger partial charge in [-0.1, -0.05) is 13.8 Å². The summed E-state index contributed by atoms with van der Waals surface area (Å²) in [4.78, 5) is 15.3. The van der Waals surface area contributed by atoms with E-state index in [1.165, 1.54) is 16.8 Å². The van der Waals surface area contributed by atoms with Gasteiger partial charge in [-0.3, -0.25) is 4.79 Å². The van der Waals surface area contributed by atoms with Crippen LogP contribution in [0.5, 0.6) is 5.75 Å². The molecule has 0 saturated heterocycles. The number of aromatic nitrogens is 2. The van der Waals surface area contributed by atoms with Gasteiger partial charge < -0.3 is 20.0 Å². The summed E-state index contributed by atoms with van der Waals surface area (Å²) in [5, 5.41) is 15.2. The molecule has 0 unspecified atom stereocenters. The van der Waals surface area contributed by atoms with E-state index >= 15 is 0 Å². The predicted octanol–water partition coefficient (Wildman–Crippen LogP) is 3.78. The van der Waals surface area contributed by atoms with E-state index < -0.39 is 0 Å². The van der Waals surface area contributed by atoms with E-state index in [-0.39, 0.29) is 11.3 Å². The number of aryl methyl sites for hydroxylation is 2. The van der Waals surface area contributed by atoms with E-state index in [1.54, 1.807) is 6.92 Å². The zero-order chi connectivity index (χ0) is 20.0. The minimum Gasteiger partial charge on any atom is -0.507 e. The highest BCUT2D eigenvalue weighted by molar-refractivity contribution is 5.89. The number of aromatic hydroxyl groups is 1. The van der Waals surface area contributed by atoms with Gasteiger partial charge in [0.15, 0.2) is 0 Å². The van der Waals surface area contributed by atoms with Crippen molar-refractivity contribution in [3.63, 3.8) is 0 Å². The predicted molar refractivity (Wildman–Crippen MR) is 114 cm³/mol. The second-order valence-electron chi connectivity index (χ2n) is 8.42. The van der Waals surface area contributed by atoms with Crippen molar-refractivity contribution >= 4 is 10.9 Å².